The van der Waals surface area contributed by atoms with E-state index in [0.717, 1.165) is 17.7 Å². The molecule has 2 heterocycles. The van der Waals surface area contributed by atoms with Gasteiger partial charge in [-0.2, -0.15) is 0 Å². The van der Waals surface area contributed by atoms with E-state index in [4.69, 9.17) is 20.8 Å². The molecule has 4 rings (SSSR count). The minimum atomic E-state index is -0.0780. The lowest BCUT2D eigenvalue weighted by Crippen LogP contribution is -2.43. The predicted octanol–water partition coefficient (Wildman–Crippen LogP) is 3.64. The molecule has 0 radical (unpaired) electrons. The first-order valence-electron chi connectivity index (χ1n) is 7.91. The zero-order chi connectivity index (χ0) is 15.8. The number of morpholine rings is 1. The number of nitrogens with zero attached hydrogens (tertiary/aromatic N) is 1. The Bertz CT molecular complexity index is 683. The van der Waals surface area contributed by atoms with Crippen LogP contribution in [0.3, 0.4) is 0 Å². The predicted molar refractivity (Wildman–Crippen MR) is 86.3 cm³/mol. The summed E-state index contributed by atoms with van der Waals surface area (Å²) in [5.74, 6) is 1.44. The zero-order valence-corrected chi connectivity index (χ0v) is 13.4. The fraction of sp³-hybridized carbons (Fsp3) is 0.389. The number of carbonyl (C=O) groups excluding carboxylic acids is 1. The van der Waals surface area contributed by atoms with Gasteiger partial charge in [-0.1, -0.05) is 23.7 Å². The minimum Gasteiger partial charge on any atom is -0.469 e. The highest BCUT2D eigenvalue weighted by Crippen LogP contribution is 2.48. The van der Waals surface area contributed by atoms with Crippen molar-refractivity contribution in [2.75, 3.05) is 19.7 Å². The summed E-state index contributed by atoms with van der Waals surface area (Å²) in [4.78, 5) is 14.6. The van der Waals surface area contributed by atoms with E-state index in [2.05, 4.69) is 0 Å². The first kappa shape index (κ1) is 14.8. The van der Waals surface area contributed by atoms with Crippen molar-refractivity contribution in [2.24, 2.45) is 5.92 Å². The summed E-state index contributed by atoms with van der Waals surface area (Å²) in [5.41, 5.74) is 1.06. The summed E-state index contributed by atoms with van der Waals surface area (Å²) in [7, 11) is 0. The van der Waals surface area contributed by atoms with E-state index >= 15 is 0 Å². The molecule has 23 heavy (non-hydrogen) atoms. The number of ether oxygens (including phenoxy) is 1. The van der Waals surface area contributed by atoms with Gasteiger partial charge in [-0.25, -0.2) is 0 Å². The van der Waals surface area contributed by atoms with Gasteiger partial charge in [0, 0.05) is 23.4 Å². The van der Waals surface area contributed by atoms with Gasteiger partial charge >= 0.3 is 0 Å². The maximum Gasteiger partial charge on any atom is 0.226 e. The second-order valence-electron chi connectivity index (χ2n) is 6.16. The molecule has 2 aliphatic rings. The molecule has 0 spiro atoms. The molecule has 5 heteroatoms. The normalized spacial score (nSPS) is 27.0. The smallest absolute Gasteiger partial charge is 0.226 e. The third-order valence-electron chi connectivity index (χ3n) is 4.64. The average molecular weight is 332 g/mol. The van der Waals surface area contributed by atoms with Gasteiger partial charge in [-0.05, 0) is 36.2 Å². The fourth-order valence-electron chi connectivity index (χ4n) is 3.25. The Hall–Kier alpha value is -1.78. The molecule has 0 bridgehead atoms. The Labute approximate surface area is 140 Å². The monoisotopic (exact) mass is 331 g/mol. The van der Waals surface area contributed by atoms with Crippen LogP contribution in [0.5, 0.6) is 0 Å². The van der Waals surface area contributed by atoms with Gasteiger partial charge in [0.1, 0.15) is 11.9 Å². The summed E-state index contributed by atoms with van der Waals surface area (Å²) < 4.78 is 11.2. The van der Waals surface area contributed by atoms with Crippen LogP contribution in [-0.4, -0.2) is 30.5 Å². The van der Waals surface area contributed by atoms with Crippen LogP contribution >= 0.6 is 11.6 Å². The number of benzene rings is 1. The van der Waals surface area contributed by atoms with Crippen molar-refractivity contribution in [3.05, 3.63) is 59.0 Å². The highest BCUT2D eigenvalue weighted by molar-refractivity contribution is 6.30. The number of rotatable bonds is 3. The quantitative estimate of drug-likeness (QED) is 0.862. The van der Waals surface area contributed by atoms with Gasteiger partial charge in [0.05, 0.1) is 19.4 Å². The molecular weight excluding hydrogens is 314 g/mol. The molecule has 1 aliphatic heterocycles. The number of halogens is 1. The number of carbonyl (C=O) groups is 1. The largest absolute Gasteiger partial charge is 0.469 e. The van der Waals surface area contributed by atoms with E-state index in [0.29, 0.717) is 24.7 Å². The van der Waals surface area contributed by atoms with Gasteiger partial charge < -0.3 is 14.1 Å². The number of amides is 1. The van der Waals surface area contributed by atoms with Crippen LogP contribution in [0.1, 0.15) is 29.8 Å². The highest BCUT2D eigenvalue weighted by Gasteiger charge is 2.48. The molecule has 1 saturated heterocycles. The molecule has 1 aromatic heterocycles. The fourth-order valence-corrected chi connectivity index (χ4v) is 3.37. The van der Waals surface area contributed by atoms with Gasteiger partial charge in [0.15, 0.2) is 0 Å². The van der Waals surface area contributed by atoms with Gasteiger partial charge in [-0.3, -0.25) is 4.79 Å². The Morgan fingerprint density at radius 3 is 2.78 bits per heavy atom. The van der Waals surface area contributed by atoms with Crippen molar-refractivity contribution >= 4 is 17.5 Å². The van der Waals surface area contributed by atoms with Crippen LogP contribution in [0.15, 0.2) is 47.1 Å². The Kier molecular flexibility index (Phi) is 3.87. The van der Waals surface area contributed by atoms with E-state index in [1.165, 1.54) is 0 Å². The third-order valence-corrected chi connectivity index (χ3v) is 4.89. The van der Waals surface area contributed by atoms with E-state index < -0.39 is 0 Å². The van der Waals surface area contributed by atoms with Crippen LogP contribution < -0.4 is 0 Å². The van der Waals surface area contributed by atoms with Crippen molar-refractivity contribution in [1.82, 2.24) is 4.90 Å². The van der Waals surface area contributed by atoms with E-state index in [1.807, 2.05) is 41.3 Å². The van der Waals surface area contributed by atoms with E-state index in [9.17, 15) is 4.79 Å². The van der Waals surface area contributed by atoms with Crippen LogP contribution in [0, 0.1) is 5.92 Å². The van der Waals surface area contributed by atoms with Crippen LogP contribution in [-0.2, 0) is 9.53 Å². The summed E-state index contributed by atoms with van der Waals surface area (Å²) in [6.45, 7) is 1.82. The maximum absolute atomic E-state index is 12.7. The highest BCUT2D eigenvalue weighted by atomic mass is 35.5. The summed E-state index contributed by atoms with van der Waals surface area (Å²) in [5, 5.41) is 0.705. The molecular formula is C18H18ClNO3. The van der Waals surface area contributed by atoms with Gasteiger partial charge in [0.25, 0.3) is 0 Å². The van der Waals surface area contributed by atoms with E-state index in [1.54, 1.807) is 6.26 Å². The third kappa shape index (κ3) is 3.01. The Balaban J connectivity index is 1.41. The lowest BCUT2D eigenvalue weighted by atomic mass is 10.1. The molecule has 1 aromatic carbocycles. The van der Waals surface area contributed by atoms with Crippen molar-refractivity contribution < 1.29 is 13.9 Å². The molecule has 4 nitrogen and oxygen atoms in total. The molecule has 1 aliphatic carbocycles. The average Bonchev–Trinajstić information content (AvgIpc) is 3.20. The standard InChI is InChI=1S/C18H18ClNO3/c19-13-5-3-12(4-6-13)17-11-20(7-9-23-17)18(21)15-10-14(15)16-2-1-8-22-16/h1-6,8,14-15,17H,7,9-11H2/t14-,15+,17-/m0/s1. The second-order valence-corrected chi connectivity index (χ2v) is 6.60. The molecule has 0 unspecified atom stereocenters. The summed E-state index contributed by atoms with van der Waals surface area (Å²) in [6, 6.07) is 11.5. The maximum atomic E-state index is 12.7. The summed E-state index contributed by atoms with van der Waals surface area (Å²) in [6.07, 6.45) is 2.47. The van der Waals surface area contributed by atoms with Crippen LogP contribution in [0.4, 0.5) is 0 Å². The van der Waals surface area contributed by atoms with Gasteiger partial charge in [0.2, 0.25) is 5.91 Å². The first-order valence-corrected chi connectivity index (χ1v) is 8.29. The molecule has 1 amide bonds. The molecule has 2 fully saturated rings. The lowest BCUT2D eigenvalue weighted by Gasteiger charge is -2.33. The molecule has 3 atom stereocenters. The molecule has 0 N–H and O–H groups in total. The van der Waals surface area contributed by atoms with Gasteiger partial charge in [-0.15, -0.1) is 0 Å². The lowest BCUT2D eigenvalue weighted by molar-refractivity contribution is -0.140. The van der Waals surface area contributed by atoms with Crippen LogP contribution in [0.2, 0.25) is 5.02 Å². The van der Waals surface area contributed by atoms with Crippen molar-refractivity contribution in [2.45, 2.75) is 18.4 Å². The van der Waals surface area contributed by atoms with Crippen LogP contribution in [0.25, 0.3) is 0 Å². The van der Waals surface area contributed by atoms with Crippen molar-refractivity contribution in [3.8, 4) is 0 Å². The zero-order valence-electron chi connectivity index (χ0n) is 12.7. The molecule has 120 valence electrons. The number of hydrogen-bond acceptors (Lipinski definition) is 3. The Morgan fingerprint density at radius 1 is 1.22 bits per heavy atom. The second kappa shape index (κ2) is 6.02. The number of furan rings is 1. The summed E-state index contributed by atoms with van der Waals surface area (Å²) >= 11 is 5.93. The Morgan fingerprint density at radius 2 is 2.04 bits per heavy atom. The molecule has 2 aromatic rings. The first-order chi connectivity index (χ1) is 11.2. The number of hydrogen-bond donors (Lipinski definition) is 0. The van der Waals surface area contributed by atoms with Crippen molar-refractivity contribution in [1.29, 1.82) is 0 Å². The van der Waals surface area contributed by atoms with Crippen molar-refractivity contribution in [3.63, 3.8) is 0 Å². The topological polar surface area (TPSA) is 42.7 Å². The molecule has 1 saturated carbocycles. The SMILES string of the molecule is O=C([C@@H]1C[C@@H]1c1ccco1)N1CCO[C@H](c2ccc(Cl)cc2)C1. The van der Waals surface area contributed by atoms with E-state index in [-0.39, 0.29) is 23.8 Å². The minimum absolute atomic E-state index is 0.0603.